The van der Waals surface area contributed by atoms with Gasteiger partial charge in [-0.3, -0.25) is 14.5 Å². The number of amides is 2. The Hall–Kier alpha value is -3.18. The van der Waals surface area contributed by atoms with Crippen LogP contribution in [0.25, 0.3) is 11.6 Å². The highest BCUT2D eigenvalue weighted by molar-refractivity contribution is 6.06. The minimum absolute atomic E-state index is 0.00732. The molecule has 37 heavy (non-hydrogen) atoms. The number of hydrogen-bond acceptors (Lipinski definition) is 4. The van der Waals surface area contributed by atoms with E-state index in [1.807, 2.05) is 37.3 Å². The number of hydrogen-bond donors (Lipinski definition) is 1. The average Bonchev–Trinajstić information content (AvgIpc) is 3.42. The Labute approximate surface area is 219 Å². The number of imide groups is 1. The smallest absolute Gasteiger partial charge is 0.233 e. The molecule has 5 nitrogen and oxygen atoms in total. The van der Waals surface area contributed by atoms with Crippen LogP contribution in [0, 0.1) is 17.8 Å². The molecule has 2 saturated heterocycles. The summed E-state index contributed by atoms with van der Waals surface area (Å²) in [6, 6.07) is 17.6. The second-order valence-electron chi connectivity index (χ2n) is 10.6. The number of carbonyl (C=O) groups excluding carboxylic acids is 2. The van der Waals surface area contributed by atoms with Gasteiger partial charge in [0.25, 0.3) is 0 Å². The van der Waals surface area contributed by atoms with Crippen molar-refractivity contribution in [2.75, 3.05) is 13.2 Å². The Kier molecular flexibility index (Phi) is 7.61. The quantitative estimate of drug-likeness (QED) is 0.252. The summed E-state index contributed by atoms with van der Waals surface area (Å²) in [5.74, 6) is -0.194. The molecule has 1 aliphatic carbocycles. The molecular formula is C32H37NO4. The van der Waals surface area contributed by atoms with Crippen LogP contribution in [0.4, 0.5) is 0 Å². The van der Waals surface area contributed by atoms with Gasteiger partial charge in [0.15, 0.2) is 0 Å². The number of rotatable bonds is 9. The van der Waals surface area contributed by atoms with Crippen molar-refractivity contribution in [3.05, 3.63) is 76.9 Å². The highest BCUT2D eigenvalue weighted by atomic mass is 16.5. The average molecular weight is 500 g/mol. The molecule has 194 valence electrons. The van der Waals surface area contributed by atoms with Crippen molar-refractivity contribution in [3.8, 4) is 5.75 Å². The fourth-order valence-corrected chi connectivity index (χ4v) is 6.58. The van der Waals surface area contributed by atoms with Crippen molar-refractivity contribution in [1.29, 1.82) is 0 Å². The Morgan fingerprint density at radius 1 is 1.03 bits per heavy atom. The minimum atomic E-state index is -0.268. The lowest BCUT2D eigenvalue weighted by Crippen LogP contribution is -2.34. The first-order chi connectivity index (χ1) is 18.0. The molecule has 0 bridgehead atoms. The van der Waals surface area contributed by atoms with E-state index in [2.05, 4.69) is 25.1 Å². The zero-order valence-corrected chi connectivity index (χ0v) is 21.9. The lowest BCUT2D eigenvalue weighted by molar-refractivity contribution is -0.140. The van der Waals surface area contributed by atoms with Crippen LogP contribution in [0.5, 0.6) is 5.75 Å². The number of allylic oxidation sites excluding steroid dienone is 2. The van der Waals surface area contributed by atoms with Crippen LogP contribution in [0.1, 0.15) is 63.5 Å². The van der Waals surface area contributed by atoms with Crippen molar-refractivity contribution < 1.29 is 19.4 Å². The summed E-state index contributed by atoms with van der Waals surface area (Å²) in [6.45, 7) is 5.22. The highest BCUT2D eigenvalue weighted by Gasteiger charge is 2.56. The van der Waals surface area contributed by atoms with Crippen molar-refractivity contribution in [2.45, 2.75) is 58.5 Å². The van der Waals surface area contributed by atoms with Gasteiger partial charge in [-0.05, 0) is 66.5 Å². The molecule has 2 aromatic carbocycles. The molecular weight excluding hydrogens is 462 g/mol. The number of fused-ring (bicyclic) bond motifs is 3. The van der Waals surface area contributed by atoms with Crippen LogP contribution in [-0.4, -0.2) is 41.1 Å². The molecule has 4 atom stereocenters. The third kappa shape index (κ3) is 5.02. The van der Waals surface area contributed by atoms with Gasteiger partial charge in [0.1, 0.15) is 5.75 Å². The zero-order valence-electron chi connectivity index (χ0n) is 21.9. The van der Waals surface area contributed by atoms with Gasteiger partial charge in [-0.2, -0.15) is 0 Å². The van der Waals surface area contributed by atoms with Crippen molar-refractivity contribution in [2.24, 2.45) is 17.8 Å². The molecule has 2 aliphatic heterocycles. The van der Waals surface area contributed by atoms with E-state index < -0.39 is 0 Å². The predicted octanol–water partition coefficient (Wildman–Crippen LogP) is 6.24. The van der Waals surface area contributed by atoms with Gasteiger partial charge in [-0.1, -0.05) is 74.4 Å². The van der Waals surface area contributed by atoms with E-state index in [0.717, 1.165) is 43.2 Å². The third-order valence-corrected chi connectivity index (χ3v) is 8.13. The molecule has 2 heterocycles. The monoisotopic (exact) mass is 499 g/mol. The van der Waals surface area contributed by atoms with Crippen LogP contribution in [-0.2, 0) is 14.3 Å². The molecule has 0 saturated carbocycles. The van der Waals surface area contributed by atoms with Crippen molar-refractivity contribution in [1.82, 2.24) is 4.90 Å². The van der Waals surface area contributed by atoms with Gasteiger partial charge in [-0.15, -0.1) is 0 Å². The largest absolute Gasteiger partial charge is 0.508 e. The standard InChI is InChI=1S/C32H37NO4/c1-3-9-24-19-26-30(32(36)33(16-4-2)31(26)35)27-20-37-28(29(24)27)15-14-23(22-11-6-5-7-12-22)17-21-10-8-13-25(34)18-21/h5-8,10-13,17-18,26-28,30,34H,3-4,9,14-16,19-20H2,1-2H3/b23-17-/t26-,27+,28-,30-/m1/s1. The van der Waals surface area contributed by atoms with E-state index in [-0.39, 0.29) is 41.4 Å². The van der Waals surface area contributed by atoms with Crippen LogP contribution in [0.3, 0.4) is 0 Å². The molecule has 0 spiro atoms. The van der Waals surface area contributed by atoms with Gasteiger partial charge in [-0.25, -0.2) is 0 Å². The van der Waals surface area contributed by atoms with Crippen LogP contribution in [0.2, 0.25) is 0 Å². The first-order valence-corrected chi connectivity index (χ1v) is 13.8. The number of phenols is 1. The number of phenolic OH excluding ortho intramolecular Hbond substituents is 1. The summed E-state index contributed by atoms with van der Waals surface area (Å²) in [5, 5.41) is 9.96. The van der Waals surface area contributed by atoms with E-state index >= 15 is 0 Å². The molecule has 2 aromatic rings. The zero-order chi connectivity index (χ0) is 25.9. The fraction of sp³-hybridized carbons (Fsp3) is 0.438. The Morgan fingerprint density at radius 3 is 2.57 bits per heavy atom. The summed E-state index contributed by atoms with van der Waals surface area (Å²) in [4.78, 5) is 28.0. The third-order valence-electron chi connectivity index (χ3n) is 8.13. The van der Waals surface area contributed by atoms with Gasteiger partial charge >= 0.3 is 0 Å². The molecule has 0 unspecified atom stereocenters. The SMILES string of the molecule is CCCC1=C2[C@@H](CC/C(=C/c3cccc(O)c3)c3ccccc3)OC[C@@H]2[C@@H]2C(=O)N(CCC)C(=O)[C@@H]2C1. The number of benzene rings is 2. The summed E-state index contributed by atoms with van der Waals surface area (Å²) in [5.41, 5.74) is 5.94. The summed E-state index contributed by atoms with van der Waals surface area (Å²) >= 11 is 0. The lowest BCUT2D eigenvalue weighted by atomic mass is 9.68. The molecule has 2 amide bonds. The van der Waals surface area contributed by atoms with Crippen molar-refractivity contribution in [3.63, 3.8) is 0 Å². The first kappa shape index (κ1) is 25.5. The molecule has 5 rings (SSSR count). The van der Waals surface area contributed by atoms with E-state index in [1.54, 1.807) is 12.1 Å². The summed E-state index contributed by atoms with van der Waals surface area (Å²) in [7, 11) is 0. The van der Waals surface area contributed by atoms with E-state index in [0.29, 0.717) is 19.6 Å². The Morgan fingerprint density at radius 2 is 1.84 bits per heavy atom. The molecule has 5 heteroatoms. The maximum absolute atomic E-state index is 13.3. The van der Waals surface area contributed by atoms with Crippen molar-refractivity contribution >= 4 is 23.5 Å². The number of ether oxygens (including phenoxy) is 1. The maximum Gasteiger partial charge on any atom is 0.233 e. The minimum Gasteiger partial charge on any atom is -0.508 e. The van der Waals surface area contributed by atoms with E-state index in [9.17, 15) is 14.7 Å². The molecule has 0 radical (unpaired) electrons. The number of aromatic hydroxyl groups is 1. The first-order valence-electron chi connectivity index (χ1n) is 13.8. The number of likely N-dealkylation sites (tertiary alicyclic amines) is 1. The van der Waals surface area contributed by atoms with Crippen LogP contribution >= 0.6 is 0 Å². The Bertz CT molecular complexity index is 1210. The summed E-state index contributed by atoms with van der Waals surface area (Å²) < 4.78 is 6.41. The highest BCUT2D eigenvalue weighted by Crippen LogP contribution is 2.50. The fourth-order valence-electron chi connectivity index (χ4n) is 6.58. The van der Waals surface area contributed by atoms with E-state index in [1.165, 1.54) is 21.6 Å². The number of nitrogens with zero attached hydrogens (tertiary/aromatic N) is 1. The second kappa shape index (κ2) is 11.1. The van der Waals surface area contributed by atoms with Gasteiger partial charge < -0.3 is 9.84 Å². The lowest BCUT2D eigenvalue weighted by Gasteiger charge is -2.32. The molecule has 0 aromatic heterocycles. The van der Waals surface area contributed by atoms with Gasteiger partial charge in [0.05, 0.1) is 24.5 Å². The maximum atomic E-state index is 13.3. The van der Waals surface area contributed by atoms with Gasteiger partial charge in [0.2, 0.25) is 11.8 Å². The predicted molar refractivity (Wildman–Crippen MR) is 145 cm³/mol. The molecule has 2 fully saturated rings. The Balaban J connectivity index is 1.42. The second-order valence-corrected chi connectivity index (χ2v) is 10.6. The number of carbonyl (C=O) groups is 2. The molecule has 1 N–H and O–H groups in total. The van der Waals surface area contributed by atoms with E-state index in [4.69, 9.17) is 4.74 Å². The van der Waals surface area contributed by atoms with Crippen LogP contribution < -0.4 is 0 Å². The topological polar surface area (TPSA) is 66.8 Å². The normalized spacial score (nSPS) is 25.6. The van der Waals surface area contributed by atoms with Gasteiger partial charge in [0, 0.05) is 12.5 Å². The molecule has 3 aliphatic rings. The summed E-state index contributed by atoms with van der Waals surface area (Å²) in [6.07, 6.45) is 7.18. The van der Waals surface area contributed by atoms with Crippen LogP contribution in [0.15, 0.2) is 65.7 Å².